The van der Waals surface area contributed by atoms with E-state index < -0.39 is 0 Å². The van der Waals surface area contributed by atoms with Gasteiger partial charge in [-0.3, -0.25) is 0 Å². The molecule has 0 aromatic heterocycles. The van der Waals surface area contributed by atoms with E-state index in [0.717, 1.165) is 25.0 Å². The van der Waals surface area contributed by atoms with Crippen molar-refractivity contribution in [1.82, 2.24) is 0 Å². The van der Waals surface area contributed by atoms with Crippen LogP contribution in [0.1, 0.15) is 18.4 Å². The van der Waals surface area contributed by atoms with Crippen LogP contribution in [0.4, 0.5) is 4.39 Å². The third-order valence-electron chi connectivity index (χ3n) is 2.41. The molecular weight excluding hydrogens is 299 g/mol. The summed E-state index contributed by atoms with van der Waals surface area (Å²) in [6.45, 7) is 1.82. The molecule has 1 aliphatic heterocycles. The minimum absolute atomic E-state index is 0. The van der Waals surface area contributed by atoms with Gasteiger partial charge in [0.15, 0.2) is 0 Å². The van der Waals surface area contributed by atoms with Crippen LogP contribution in [0.5, 0.6) is 0 Å². The van der Waals surface area contributed by atoms with E-state index in [1.807, 2.05) is 0 Å². The molecule has 1 fully saturated rings. The smallest absolute Gasteiger partial charge is 1.00 e. The minimum Gasteiger partial charge on any atom is -1.00 e. The van der Waals surface area contributed by atoms with Crippen LogP contribution < -0.4 is 17.0 Å². The quantitative estimate of drug-likeness (QED) is 0.521. The predicted octanol–water partition coefficient (Wildman–Crippen LogP) is -1.06. The van der Waals surface area contributed by atoms with Gasteiger partial charge in [0, 0.05) is 19.0 Å². The summed E-state index contributed by atoms with van der Waals surface area (Å²) in [5.41, 5.74) is 0.744. The summed E-state index contributed by atoms with van der Waals surface area (Å²) in [5, 5.41) is 0. The molecule has 1 aliphatic rings. The number of benzene rings is 1. The molecule has 1 atom stereocenters. The minimum atomic E-state index is -0.246. The summed E-state index contributed by atoms with van der Waals surface area (Å²) in [6, 6.07) is 7.32. The second-order valence-electron chi connectivity index (χ2n) is 3.68. The van der Waals surface area contributed by atoms with Gasteiger partial charge in [-0.1, -0.05) is 0 Å². The fraction of sp³-hybridized carbons (Fsp3) is 0.500. The first-order chi connectivity index (χ1) is 7.34. The molecule has 90 valence electrons. The predicted molar refractivity (Wildman–Crippen MR) is 59.6 cm³/mol. The Morgan fingerprint density at radius 2 is 2.35 bits per heavy atom. The molecule has 0 amide bonds. The number of ether oxygens (including phenoxy) is 2. The largest absolute Gasteiger partial charge is 2.00 e. The van der Waals surface area contributed by atoms with Crippen LogP contribution in [0.3, 0.4) is 0 Å². The van der Waals surface area contributed by atoms with Crippen LogP contribution in [-0.2, 0) is 16.1 Å². The van der Waals surface area contributed by atoms with Crippen LogP contribution in [-0.4, -0.2) is 42.4 Å². The van der Waals surface area contributed by atoms with Crippen molar-refractivity contribution < 1.29 is 30.8 Å². The van der Waals surface area contributed by atoms with Gasteiger partial charge in [-0.25, -0.2) is 4.39 Å². The molecule has 1 aromatic carbocycles. The van der Waals surface area contributed by atoms with Crippen LogP contribution >= 0.6 is 0 Å². The topological polar surface area (TPSA) is 18.5 Å². The zero-order valence-corrected chi connectivity index (χ0v) is 12.6. The first kappa shape index (κ1) is 17.3. The van der Waals surface area contributed by atoms with E-state index in [-0.39, 0.29) is 52.0 Å². The molecule has 1 heterocycles. The monoisotopic (exact) mass is 312 g/mol. The van der Waals surface area contributed by atoms with Gasteiger partial charge >= 0.3 is 23.1 Å². The SMILES string of the molecule is Fc1cc[c-]c(COCC2CCCO2)c1.[Br-].[Mg+2]. The van der Waals surface area contributed by atoms with Crippen molar-refractivity contribution >= 4 is 23.1 Å². The van der Waals surface area contributed by atoms with Gasteiger partial charge in [0.25, 0.3) is 0 Å². The van der Waals surface area contributed by atoms with Gasteiger partial charge in [-0.2, -0.15) is 12.1 Å². The van der Waals surface area contributed by atoms with Gasteiger partial charge in [0.05, 0.1) is 12.7 Å². The molecule has 0 radical (unpaired) electrons. The third kappa shape index (κ3) is 6.15. The van der Waals surface area contributed by atoms with E-state index in [1.54, 1.807) is 6.07 Å². The number of rotatable bonds is 4. The standard InChI is InChI=1S/C12H14FO2.BrH.Mg/c13-11-4-1-3-10(7-11)8-14-9-12-5-2-6-15-12;;/h1,4,7,12H,2,5-6,8-9H2;1H;/q-1;;+2/p-1. The Bertz CT molecular complexity index is 319. The third-order valence-corrected chi connectivity index (χ3v) is 2.41. The molecule has 0 bridgehead atoms. The second kappa shape index (κ2) is 9.27. The molecule has 0 spiro atoms. The molecule has 1 unspecified atom stereocenters. The van der Waals surface area contributed by atoms with Crippen molar-refractivity contribution in [3.05, 3.63) is 35.6 Å². The molecule has 0 aliphatic carbocycles. The Kier molecular flexibility index (Phi) is 9.45. The van der Waals surface area contributed by atoms with Crippen LogP contribution in [0.15, 0.2) is 18.2 Å². The van der Waals surface area contributed by atoms with E-state index >= 15 is 0 Å². The summed E-state index contributed by atoms with van der Waals surface area (Å²) < 4.78 is 23.6. The van der Waals surface area contributed by atoms with Crippen molar-refractivity contribution in [3.63, 3.8) is 0 Å². The Balaban J connectivity index is 0.00000128. The van der Waals surface area contributed by atoms with E-state index in [2.05, 4.69) is 6.07 Å². The number of hydrogen-bond acceptors (Lipinski definition) is 2. The maximum Gasteiger partial charge on any atom is 2.00 e. The van der Waals surface area contributed by atoms with Crippen molar-refractivity contribution in [2.24, 2.45) is 0 Å². The zero-order valence-electron chi connectivity index (χ0n) is 9.62. The van der Waals surface area contributed by atoms with Crippen LogP contribution in [0.25, 0.3) is 0 Å². The molecule has 0 N–H and O–H groups in total. The summed E-state index contributed by atoms with van der Waals surface area (Å²) >= 11 is 0. The van der Waals surface area contributed by atoms with Crippen molar-refractivity contribution in [2.75, 3.05) is 13.2 Å². The summed E-state index contributed by atoms with van der Waals surface area (Å²) in [6.07, 6.45) is 2.39. The molecule has 2 nitrogen and oxygen atoms in total. The maximum absolute atomic E-state index is 12.8. The molecule has 5 heteroatoms. The fourth-order valence-corrected chi connectivity index (χ4v) is 1.64. The summed E-state index contributed by atoms with van der Waals surface area (Å²) in [7, 11) is 0. The van der Waals surface area contributed by atoms with Crippen molar-refractivity contribution in [1.29, 1.82) is 0 Å². The van der Waals surface area contributed by atoms with Crippen molar-refractivity contribution in [2.45, 2.75) is 25.6 Å². The van der Waals surface area contributed by atoms with Gasteiger partial charge in [-0.15, -0.1) is 17.7 Å². The molecule has 17 heavy (non-hydrogen) atoms. The normalized spacial score (nSPS) is 18.3. The van der Waals surface area contributed by atoms with Gasteiger partial charge in [-0.05, 0) is 12.8 Å². The molecule has 1 saturated heterocycles. The average Bonchev–Trinajstić information content (AvgIpc) is 2.71. The molecule has 1 aromatic rings. The van der Waals surface area contributed by atoms with E-state index in [9.17, 15) is 4.39 Å². The average molecular weight is 313 g/mol. The molecule has 0 saturated carbocycles. The Morgan fingerprint density at radius 3 is 3.00 bits per heavy atom. The van der Waals surface area contributed by atoms with Crippen LogP contribution in [0, 0.1) is 11.9 Å². The first-order valence-electron chi connectivity index (χ1n) is 5.20. The Morgan fingerprint density at radius 1 is 1.53 bits per heavy atom. The van der Waals surface area contributed by atoms with Gasteiger partial charge < -0.3 is 26.5 Å². The molecular formula is C12H14BrFMgO2. The summed E-state index contributed by atoms with van der Waals surface area (Å²) in [5.74, 6) is -0.246. The number of hydrogen-bond donors (Lipinski definition) is 0. The second-order valence-corrected chi connectivity index (χ2v) is 3.68. The van der Waals surface area contributed by atoms with E-state index in [1.165, 1.54) is 12.1 Å². The van der Waals surface area contributed by atoms with Gasteiger partial charge in [0.2, 0.25) is 0 Å². The molecule has 2 rings (SSSR count). The fourth-order valence-electron chi connectivity index (χ4n) is 1.64. The van der Waals surface area contributed by atoms with E-state index in [0.29, 0.717) is 13.2 Å². The van der Waals surface area contributed by atoms with Gasteiger partial charge in [0.1, 0.15) is 0 Å². The Hall–Kier alpha value is 0.316. The first-order valence-corrected chi connectivity index (χ1v) is 5.20. The van der Waals surface area contributed by atoms with E-state index in [4.69, 9.17) is 9.47 Å². The zero-order chi connectivity index (χ0) is 10.5. The maximum atomic E-state index is 12.8. The number of halogens is 2. The summed E-state index contributed by atoms with van der Waals surface area (Å²) in [4.78, 5) is 0. The van der Waals surface area contributed by atoms with Crippen molar-refractivity contribution in [3.8, 4) is 0 Å². The van der Waals surface area contributed by atoms with Crippen LogP contribution in [0.2, 0.25) is 0 Å². The Labute approximate surface area is 128 Å².